The van der Waals surface area contributed by atoms with Crippen molar-refractivity contribution in [2.45, 2.75) is 19.4 Å². The highest BCUT2D eigenvalue weighted by atomic mass is 16.5. The van der Waals surface area contributed by atoms with Crippen molar-refractivity contribution < 1.29 is 4.74 Å². The van der Waals surface area contributed by atoms with Gasteiger partial charge in [0, 0.05) is 26.6 Å². The summed E-state index contributed by atoms with van der Waals surface area (Å²) in [5, 5.41) is 17.1. The molecule has 4 heteroatoms. The van der Waals surface area contributed by atoms with E-state index in [4.69, 9.17) is 15.3 Å². The molecule has 0 bridgehead atoms. The van der Waals surface area contributed by atoms with Crippen LogP contribution in [0.25, 0.3) is 0 Å². The summed E-state index contributed by atoms with van der Waals surface area (Å²) in [6.45, 7) is 3.76. The van der Waals surface area contributed by atoms with Crippen molar-refractivity contribution in [2.24, 2.45) is 0 Å². The van der Waals surface area contributed by atoms with Crippen molar-refractivity contribution in [1.82, 2.24) is 4.90 Å². The zero-order valence-electron chi connectivity index (χ0n) is 8.16. The van der Waals surface area contributed by atoms with Crippen LogP contribution in [0, 0.1) is 22.7 Å². The Bertz CT molecular complexity index is 204. The first-order valence-corrected chi connectivity index (χ1v) is 4.25. The standard InChI is InChI=1S/C9H15N3O/c1-9(8-11)12(5-3-4-10)6-7-13-2/h9H,3,5-7H2,1-2H3. The molecule has 0 rings (SSSR count). The number of hydrogen-bond donors (Lipinski definition) is 0. The van der Waals surface area contributed by atoms with Crippen LogP contribution in [-0.2, 0) is 4.74 Å². The molecule has 0 aliphatic carbocycles. The van der Waals surface area contributed by atoms with Crippen LogP contribution in [0.15, 0.2) is 0 Å². The molecule has 1 unspecified atom stereocenters. The van der Waals surface area contributed by atoms with Crippen LogP contribution in [0.5, 0.6) is 0 Å². The van der Waals surface area contributed by atoms with E-state index < -0.39 is 0 Å². The van der Waals surface area contributed by atoms with Crippen LogP contribution in [0.3, 0.4) is 0 Å². The van der Waals surface area contributed by atoms with Crippen LogP contribution in [0.1, 0.15) is 13.3 Å². The van der Waals surface area contributed by atoms with Gasteiger partial charge in [-0.05, 0) is 6.92 Å². The predicted octanol–water partition coefficient (Wildman–Crippen LogP) is 0.761. The van der Waals surface area contributed by atoms with Gasteiger partial charge in [-0.1, -0.05) is 0 Å². The fraction of sp³-hybridized carbons (Fsp3) is 0.778. The minimum absolute atomic E-state index is 0.150. The quantitative estimate of drug-likeness (QED) is 0.607. The molecule has 0 N–H and O–H groups in total. The van der Waals surface area contributed by atoms with Crippen molar-refractivity contribution in [2.75, 3.05) is 26.8 Å². The largest absolute Gasteiger partial charge is 0.383 e. The topological polar surface area (TPSA) is 60.0 Å². The fourth-order valence-electron chi connectivity index (χ4n) is 0.983. The first kappa shape index (κ1) is 11.9. The number of ether oxygens (including phenoxy) is 1. The van der Waals surface area contributed by atoms with Gasteiger partial charge < -0.3 is 4.74 Å². The molecule has 0 amide bonds. The second kappa shape index (κ2) is 7.54. The molecule has 0 saturated heterocycles. The number of hydrogen-bond acceptors (Lipinski definition) is 4. The Morgan fingerprint density at radius 3 is 2.54 bits per heavy atom. The third kappa shape index (κ3) is 5.19. The first-order chi connectivity index (χ1) is 6.26. The molecule has 0 aliphatic heterocycles. The molecule has 1 atom stereocenters. The Balaban J connectivity index is 3.90. The summed E-state index contributed by atoms with van der Waals surface area (Å²) in [7, 11) is 1.62. The molecule has 0 aliphatic rings. The first-order valence-electron chi connectivity index (χ1n) is 4.25. The van der Waals surface area contributed by atoms with E-state index in [1.54, 1.807) is 7.11 Å². The molecule has 0 radical (unpaired) electrons. The fourth-order valence-corrected chi connectivity index (χ4v) is 0.983. The van der Waals surface area contributed by atoms with Crippen molar-refractivity contribution in [3.05, 3.63) is 0 Å². The van der Waals surface area contributed by atoms with Crippen molar-refractivity contribution in [3.8, 4) is 12.1 Å². The summed E-state index contributed by atoms with van der Waals surface area (Å²) in [5.74, 6) is 0. The maximum atomic E-state index is 8.69. The predicted molar refractivity (Wildman–Crippen MR) is 48.8 cm³/mol. The number of nitriles is 2. The third-order valence-corrected chi connectivity index (χ3v) is 1.83. The zero-order chi connectivity index (χ0) is 10.1. The maximum absolute atomic E-state index is 8.69. The number of rotatable bonds is 6. The van der Waals surface area contributed by atoms with E-state index in [1.165, 1.54) is 0 Å². The van der Waals surface area contributed by atoms with Crippen molar-refractivity contribution in [3.63, 3.8) is 0 Å². The van der Waals surface area contributed by atoms with Gasteiger partial charge in [0.25, 0.3) is 0 Å². The normalized spacial score (nSPS) is 12.1. The van der Waals surface area contributed by atoms with Crippen LogP contribution >= 0.6 is 0 Å². The van der Waals surface area contributed by atoms with Crippen molar-refractivity contribution in [1.29, 1.82) is 10.5 Å². The molecule has 0 aromatic rings. The highest BCUT2D eigenvalue weighted by Crippen LogP contribution is 1.98. The monoisotopic (exact) mass is 181 g/mol. The van der Waals surface area contributed by atoms with Gasteiger partial charge in [0.15, 0.2) is 0 Å². The van der Waals surface area contributed by atoms with Gasteiger partial charge in [0.2, 0.25) is 0 Å². The Morgan fingerprint density at radius 1 is 1.38 bits per heavy atom. The van der Waals surface area contributed by atoms with E-state index in [-0.39, 0.29) is 6.04 Å². The summed E-state index contributed by atoms with van der Waals surface area (Å²) in [6.07, 6.45) is 0.454. The molecule has 0 spiro atoms. The molecular weight excluding hydrogens is 166 g/mol. The lowest BCUT2D eigenvalue weighted by Crippen LogP contribution is -2.35. The van der Waals surface area contributed by atoms with Gasteiger partial charge in [-0.2, -0.15) is 10.5 Å². The molecule has 0 fully saturated rings. The summed E-state index contributed by atoms with van der Waals surface area (Å²) in [6, 6.07) is 4.06. The van der Waals surface area contributed by atoms with Gasteiger partial charge >= 0.3 is 0 Å². The maximum Gasteiger partial charge on any atom is 0.0950 e. The lowest BCUT2D eigenvalue weighted by atomic mass is 10.3. The molecule has 0 heterocycles. The second-order valence-electron chi connectivity index (χ2n) is 2.74. The summed E-state index contributed by atoms with van der Waals surface area (Å²) in [5.41, 5.74) is 0. The Labute approximate surface area is 79.3 Å². The minimum Gasteiger partial charge on any atom is -0.383 e. The molecule has 0 saturated carbocycles. The van der Waals surface area contributed by atoms with E-state index in [0.29, 0.717) is 26.1 Å². The minimum atomic E-state index is -0.150. The molecule has 0 aromatic carbocycles. The van der Waals surface area contributed by atoms with E-state index in [1.807, 2.05) is 11.8 Å². The Kier molecular flexibility index (Phi) is 6.91. The van der Waals surface area contributed by atoms with Gasteiger partial charge in [0.05, 0.1) is 24.8 Å². The highest BCUT2D eigenvalue weighted by Gasteiger charge is 2.11. The average molecular weight is 181 g/mol. The van der Waals surface area contributed by atoms with Crippen LogP contribution in [-0.4, -0.2) is 37.7 Å². The zero-order valence-corrected chi connectivity index (χ0v) is 8.16. The third-order valence-electron chi connectivity index (χ3n) is 1.83. The SMILES string of the molecule is COCCN(CCC#N)C(C)C#N. The van der Waals surface area contributed by atoms with E-state index in [0.717, 1.165) is 0 Å². The lowest BCUT2D eigenvalue weighted by Gasteiger charge is -2.22. The molecule has 4 nitrogen and oxygen atoms in total. The van der Waals surface area contributed by atoms with Gasteiger partial charge in [-0.15, -0.1) is 0 Å². The van der Waals surface area contributed by atoms with Crippen LogP contribution < -0.4 is 0 Å². The summed E-state index contributed by atoms with van der Waals surface area (Å²) in [4.78, 5) is 1.94. The molecule has 13 heavy (non-hydrogen) atoms. The molecule has 72 valence electrons. The van der Waals surface area contributed by atoms with Crippen molar-refractivity contribution >= 4 is 0 Å². The van der Waals surface area contributed by atoms with Crippen LogP contribution in [0.2, 0.25) is 0 Å². The highest BCUT2D eigenvalue weighted by molar-refractivity contribution is 4.89. The van der Waals surface area contributed by atoms with E-state index in [2.05, 4.69) is 12.1 Å². The van der Waals surface area contributed by atoms with E-state index in [9.17, 15) is 0 Å². The Morgan fingerprint density at radius 2 is 2.08 bits per heavy atom. The van der Waals surface area contributed by atoms with Gasteiger partial charge in [-0.25, -0.2) is 0 Å². The number of nitrogens with zero attached hydrogens (tertiary/aromatic N) is 3. The second-order valence-corrected chi connectivity index (χ2v) is 2.74. The van der Waals surface area contributed by atoms with Gasteiger partial charge in [-0.3, -0.25) is 4.90 Å². The molecular formula is C9H15N3O. The lowest BCUT2D eigenvalue weighted by molar-refractivity contribution is 0.139. The smallest absolute Gasteiger partial charge is 0.0950 e. The summed E-state index contributed by atoms with van der Waals surface area (Å²) < 4.78 is 4.91. The molecule has 0 aromatic heterocycles. The average Bonchev–Trinajstić information content (AvgIpc) is 2.17. The number of methoxy groups -OCH3 is 1. The van der Waals surface area contributed by atoms with Crippen LogP contribution in [0.4, 0.5) is 0 Å². The van der Waals surface area contributed by atoms with Gasteiger partial charge in [0.1, 0.15) is 0 Å². The summed E-state index contributed by atoms with van der Waals surface area (Å²) >= 11 is 0. The van der Waals surface area contributed by atoms with E-state index >= 15 is 0 Å². The Hall–Kier alpha value is -1.10.